The molecule has 0 aliphatic heterocycles. The smallest absolute Gasteiger partial charge is 0.333 e. The quantitative estimate of drug-likeness (QED) is 0.443. The van der Waals surface area contributed by atoms with E-state index in [0.29, 0.717) is 17.4 Å². The maximum atomic E-state index is 12.0. The molecule has 0 aromatic rings. The molecule has 3 nitrogen and oxygen atoms in total. The number of rotatable bonds is 3. The first kappa shape index (κ1) is 14.6. The molecule has 4 saturated carbocycles. The molecule has 3 heteroatoms. The maximum Gasteiger partial charge on any atom is 0.333 e. The second-order valence-electron chi connectivity index (χ2n) is 8.26. The minimum Gasteiger partial charge on any atom is -0.456 e. The van der Waals surface area contributed by atoms with E-state index in [-0.39, 0.29) is 16.9 Å². The van der Waals surface area contributed by atoms with Crippen molar-refractivity contribution in [3.8, 4) is 0 Å². The topological polar surface area (TPSA) is 30.7 Å². The third-order valence-electron chi connectivity index (χ3n) is 6.24. The molecule has 0 heterocycles. The van der Waals surface area contributed by atoms with Gasteiger partial charge in [-0.15, -0.1) is 0 Å². The van der Waals surface area contributed by atoms with Crippen LogP contribution in [0.1, 0.15) is 59.3 Å². The Kier molecular flexibility index (Phi) is 3.03. The van der Waals surface area contributed by atoms with Gasteiger partial charge in [-0.1, -0.05) is 6.58 Å². The lowest BCUT2D eigenvalue weighted by Gasteiger charge is -2.61. The minimum absolute atomic E-state index is 0.0211. The first-order valence-corrected chi connectivity index (χ1v) is 7.98. The summed E-state index contributed by atoms with van der Waals surface area (Å²) in [6.07, 6.45) is 6.49. The summed E-state index contributed by atoms with van der Waals surface area (Å²) in [5, 5.41) is 0. The standard InChI is InChI=1S/C18H25NO2/c1-12(2)15(20)21-16(3,4)17-7-13-6-14(8-17)10-18(9-13,11-17)19-5/h13-14H,1,6-11H2,2-4H3. The number of nitrogens with zero attached hydrogens (tertiary/aromatic N) is 1. The van der Waals surface area contributed by atoms with E-state index in [1.54, 1.807) is 6.92 Å². The third-order valence-corrected chi connectivity index (χ3v) is 6.24. The van der Waals surface area contributed by atoms with Gasteiger partial charge in [-0.2, -0.15) is 0 Å². The first-order chi connectivity index (χ1) is 9.71. The second-order valence-corrected chi connectivity index (χ2v) is 8.26. The molecule has 4 aliphatic carbocycles. The Labute approximate surface area is 127 Å². The van der Waals surface area contributed by atoms with E-state index < -0.39 is 5.60 Å². The molecule has 0 spiro atoms. The predicted molar refractivity (Wildman–Crippen MR) is 81.4 cm³/mol. The summed E-state index contributed by atoms with van der Waals surface area (Å²) >= 11 is 0. The lowest BCUT2D eigenvalue weighted by Crippen LogP contribution is -2.62. The summed E-state index contributed by atoms with van der Waals surface area (Å²) in [6, 6.07) is 0. The fraction of sp³-hybridized carbons (Fsp3) is 0.778. The second kappa shape index (κ2) is 4.35. The average Bonchev–Trinajstić information content (AvgIpc) is 2.36. The molecule has 0 aromatic carbocycles. The molecule has 4 fully saturated rings. The van der Waals surface area contributed by atoms with E-state index in [1.807, 2.05) is 13.8 Å². The van der Waals surface area contributed by atoms with E-state index in [4.69, 9.17) is 11.3 Å². The molecule has 0 amide bonds. The van der Waals surface area contributed by atoms with Gasteiger partial charge in [0.25, 0.3) is 0 Å². The summed E-state index contributed by atoms with van der Waals surface area (Å²) in [4.78, 5) is 16.1. The summed E-state index contributed by atoms with van der Waals surface area (Å²) in [5.41, 5.74) is -0.270. The van der Waals surface area contributed by atoms with Crippen LogP contribution >= 0.6 is 0 Å². The summed E-state index contributed by atoms with van der Waals surface area (Å²) in [6.45, 7) is 17.1. The molecule has 4 aliphatic rings. The highest BCUT2D eigenvalue weighted by Gasteiger charge is 2.66. The van der Waals surface area contributed by atoms with Gasteiger partial charge in [-0.05, 0) is 51.9 Å². The van der Waals surface area contributed by atoms with E-state index in [2.05, 4.69) is 11.4 Å². The van der Waals surface area contributed by atoms with Crippen LogP contribution in [0.3, 0.4) is 0 Å². The molecule has 0 N–H and O–H groups in total. The van der Waals surface area contributed by atoms with Gasteiger partial charge >= 0.3 is 5.97 Å². The monoisotopic (exact) mass is 287 g/mol. The highest BCUT2D eigenvalue weighted by Crippen LogP contribution is 2.66. The third kappa shape index (κ3) is 2.11. The van der Waals surface area contributed by atoms with Gasteiger partial charge in [0.05, 0.1) is 0 Å². The molecule has 2 unspecified atom stereocenters. The van der Waals surface area contributed by atoms with Crippen molar-refractivity contribution in [2.24, 2.45) is 17.3 Å². The van der Waals surface area contributed by atoms with Crippen LogP contribution < -0.4 is 0 Å². The summed E-state index contributed by atoms with van der Waals surface area (Å²) in [5.74, 6) is 0.985. The Balaban J connectivity index is 1.92. The average molecular weight is 287 g/mol. The van der Waals surface area contributed by atoms with Crippen LogP contribution in [0.15, 0.2) is 12.2 Å². The summed E-state index contributed by atoms with van der Waals surface area (Å²) < 4.78 is 5.83. The van der Waals surface area contributed by atoms with Crippen molar-refractivity contribution < 1.29 is 9.53 Å². The van der Waals surface area contributed by atoms with Crippen molar-refractivity contribution in [1.82, 2.24) is 0 Å². The van der Waals surface area contributed by atoms with Crippen molar-refractivity contribution in [1.29, 1.82) is 0 Å². The van der Waals surface area contributed by atoms with Gasteiger partial charge in [0.1, 0.15) is 5.60 Å². The molecule has 0 aromatic heterocycles. The van der Waals surface area contributed by atoms with Crippen LogP contribution in [0.5, 0.6) is 0 Å². The van der Waals surface area contributed by atoms with E-state index in [9.17, 15) is 4.79 Å². The zero-order chi connectivity index (χ0) is 15.5. The van der Waals surface area contributed by atoms with Crippen LogP contribution in [-0.2, 0) is 9.53 Å². The van der Waals surface area contributed by atoms with Crippen LogP contribution in [0.4, 0.5) is 0 Å². The maximum absolute atomic E-state index is 12.0. The van der Waals surface area contributed by atoms with E-state index >= 15 is 0 Å². The lowest BCUT2D eigenvalue weighted by molar-refractivity contribution is -0.194. The van der Waals surface area contributed by atoms with Crippen LogP contribution in [0.2, 0.25) is 0 Å². The Morgan fingerprint density at radius 1 is 1.29 bits per heavy atom. The Bertz CT molecular complexity index is 526. The zero-order valence-corrected chi connectivity index (χ0v) is 13.4. The lowest BCUT2D eigenvalue weighted by atomic mass is 9.43. The van der Waals surface area contributed by atoms with Crippen LogP contribution in [0.25, 0.3) is 4.85 Å². The van der Waals surface area contributed by atoms with Gasteiger partial charge in [0, 0.05) is 30.3 Å². The minimum atomic E-state index is -0.517. The SMILES string of the molecule is [C-]#[N+]C12CC3CC(C1)CC(C(C)(C)OC(=O)C(=C)C)(C3)C2. The van der Waals surface area contributed by atoms with E-state index in [0.717, 1.165) is 32.1 Å². The number of carbonyl (C=O) groups excluding carboxylic acids is 1. The molecular weight excluding hydrogens is 262 g/mol. The Hall–Kier alpha value is -1.30. The molecule has 0 radical (unpaired) electrons. The Morgan fingerprint density at radius 2 is 1.86 bits per heavy atom. The van der Waals surface area contributed by atoms with Crippen LogP contribution in [0, 0.1) is 23.8 Å². The molecule has 2 atom stereocenters. The van der Waals surface area contributed by atoms with Gasteiger partial charge in [-0.25, -0.2) is 11.4 Å². The van der Waals surface area contributed by atoms with Crippen molar-refractivity contribution in [2.45, 2.75) is 70.4 Å². The van der Waals surface area contributed by atoms with Gasteiger partial charge < -0.3 is 9.58 Å². The largest absolute Gasteiger partial charge is 0.456 e. The molecule has 114 valence electrons. The fourth-order valence-electron chi connectivity index (χ4n) is 5.48. The highest BCUT2D eigenvalue weighted by atomic mass is 16.6. The van der Waals surface area contributed by atoms with Gasteiger partial charge in [0.2, 0.25) is 5.54 Å². The number of hydrogen-bond donors (Lipinski definition) is 0. The summed E-state index contributed by atoms with van der Waals surface area (Å²) in [7, 11) is 0. The van der Waals surface area contributed by atoms with Gasteiger partial charge in [0.15, 0.2) is 0 Å². The normalized spacial score (nSPS) is 40.7. The highest BCUT2D eigenvalue weighted by molar-refractivity contribution is 5.87. The predicted octanol–water partition coefficient (Wildman–Crippen LogP) is 4.14. The van der Waals surface area contributed by atoms with Gasteiger partial charge in [-0.3, -0.25) is 0 Å². The zero-order valence-electron chi connectivity index (χ0n) is 13.4. The number of esters is 1. The first-order valence-electron chi connectivity index (χ1n) is 7.98. The van der Waals surface area contributed by atoms with Crippen molar-refractivity contribution in [3.05, 3.63) is 23.6 Å². The molecule has 21 heavy (non-hydrogen) atoms. The number of hydrogen-bond acceptors (Lipinski definition) is 2. The van der Waals surface area contributed by atoms with E-state index in [1.165, 1.54) is 6.42 Å². The van der Waals surface area contributed by atoms with Crippen molar-refractivity contribution in [3.63, 3.8) is 0 Å². The number of carbonyl (C=O) groups is 1. The van der Waals surface area contributed by atoms with Crippen LogP contribution in [-0.4, -0.2) is 17.1 Å². The molecule has 4 rings (SSSR count). The molecule has 4 bridgehead atoms. The fourth-order valence-corrected chi connectivity index (χ4v) is 5.48. The van der Waals surface area contributed by atoms with Crippen molar-refractivity contribution >= 4 is 5.97 Å². The number of ether oxygens (including phenoxy) is 1. The van der Waals surface area contributed by atoms with Crippen molar-refractivity contribution in [2.75, 3.05) is 0 Å². The Morgan fingerprint density at radius 3 is 2.33 bits per heavy atom. The molecular formula is C18H25NO2. The molecule has 0 saturated heterocycles.